The molecule has 1 fully saturated rings. The third kappa shape index (κ3) is 3.85. The molecule has 5 heteroatoms. The summed E-state index contributed by atoms with van der Waals surface area (Å²) in [6, 6.07) is 16.4. The van der Waals surface area contributed by atoms with E-state index in [1.54, 1.807) is 0 Å². The maximum Gasteiger partial charge on any atom is 0.249 e. The van der Waals surface area contributed by atoms with Crippen LogP contribution in [0.3, 0.4) is 0 Å². The fourth-order valence-electron chi connectivity index (χ4n) is 4.20. The van der Waals surface area contributed by atoms with E-state index in [0.717, 1.165) is 57.1 Å². The van der Waals surface area contributed by atoms with Crippen molar-refractivity contribution in [3.05, 3.63) is 54.1 Å². The molecule has 2 aliphatic rings. The minimum Gasteiger partial charge on any atom is -0.374 e. The van der Waals surface area contributed by atoms with E-state index in [-0.39, 0.29) is 11.9 Å². The van der Waals surface area contributed by atoms with Gasteiger partial charge in [-0.2, -0.15) is 0 Å². The third-order valence-corrected chi connectivity index (χ3v) is 5.96. The van der Waals surface area contributed by atoms with Crippen LogP contribution in [0.15, 0.2) is 48.5 Å². The van der Waals surface area contributed by atoms with Crippen molar-refractivity contribution in [1.82, 2.24) is 4.90 Å². The number of hydrogen-bond acceptors (Lipinski definition) is 4. The van der Waals surface area contributed by atoms with Gasteiger partial charge >= 0.3 is 0 Å². The number of hydrogen-bond donors (Lipinski definition) is 1. The Morgan fingerprint density at radius 1 is 1.00 bits per heavy atom. The number of fused-ring (bicyclic) bond motifs is 1. The minimum atomic E-state index is -0.259. The summed E-state index contributed by atoms with van der Waals surface area (Å²) < 4.78 is 0. The van der Waals surface area contributed by atoms with Gasteiger partial charge in [-0.15, -0.1) is 0 Å². The SMILES string of the molecule is CCN1CCN(c2ccc(N[C@@H](C)C(=O)N3CCc4ccccc43)cc2)CC1. The first-order valence-electron chi connectivity index (χ1n) is 10.4. The monoisotopic (exact) mass is 378 g/mol. The van der Waals surface area contributed by atoms with Gasteiger partial charge in [0.25, 0.3) is 0 Å². The van der Waals surface area contributed by atoms with Crippen LogP contribution in [0.5, 0.6) is 0 Å². The predicted molar refractivity (Wildman–Crippen MR) is 116 cm³/mol. The van der Waals surface area contributed by atoms with Crippen molar-refractivity contribution in [2.45, 2.75) is 26.3 Å². The summed E-state index contributed by atoms with van der Waals surface area (Å²) in [6.45, 7) is 10.5. The van der Waals surface area contributed by atoms with Crippen molar-refractivity contribution >= 4 is 23.0 Å². The fourth-order valence-corrected chi connectivity index (χ4v) is 4.20. The third-order valence-electron chi connectivity index (χ3n) is 5.96. The van der Waals surface area contributed by atoms with Gasteiger partial charge in [0, 0.05) is 49.8 Å². The van der Waals surface area contributed by atoms with E-state index in [2.05, 4.69) is 52.4 Å². The van der Waals surface area contributed by atoms with Crippen molar-refractivity contribution in [2.75, 3.05) is 54.4 Å². The largest absolute Gasteiger partial charge is 0.374 e. The maximum absolute atomic E-state index is 12.9. The van der Waals surface area contributed by atoms with Crippen LogP contribution in [0, 0.1) is 0 Å². The van der Waals surface area contributed by atoms with Gasteiger partial charge in [-0.3, -0.25) is 4.79 Å². The molecule has 0 aromatic heterocycles. The smallest absolute Gasteiger partial charge is 0.249 e. The molecule has 148 valence electrons. The second kappa shape index (κ2) is 8.23. The highest BCUT2D eigenvalue weighted by molar-refractivity contribution is 6.00. The summed E-state index contributed by atoms with van der Waals surface area (Å²) in [5, 5.41) is 3.38. The van der Waals surface area contributed by atoms with Gasteiger partial charge < -0.3 is 20.0 Å². The van der Waals surface area contributed by atoms with Crippen LogP contribution in [-0.4, -0.2) is 56.1 Å². The number of anilines is 3. The quantitative estimate of drug-likeness (QED) is 0.867. The molecule has 0 saturated carbocycles. The Morgan fingerprint density at radius 3 is 2.43 bits per heavy atom. The van der Waals surface area contributed by atoms with Crippen LogP contribution in [0.4, 0.5) is 17.1 Å². The number of nitrogens with one attached hydrogen (secondary N) is 1. The molecule has 1 atom stereocenters. The van der Waals surface area contributed by atoms with Crippen LogP contribution in [0.25, 0.3) is 0 Å². The minimum absolute atomic E-state index is 0.129. The number of carbonyl (C=O) groups excluding carboxylic acids is 1. The highest BCUT2D eigenvalue weighted by Gasteiger charge is 2.27. The summed E-state index contributed by atoms with van der Waals surface area (Å²) in [6.07, 6.45) is 0.939. The summed E-state index contributed by atoms with van der Waals surface area (Å²) in [7, 11) is 0. The van der Waals surface area contributed by atoms with Gasteiger partial charge in [-0.05, 0) is 55.8 Å². The molecule has 28 heavy (non-hydrogen) atoms. The molecule has 2 heterocycles. The van der Waals surface area contributed by atoms with E-state index in [9.17, 15) is 4.79 Å². The zero-order valence-electron chi connectivity index (χ0n) is 16.9. The molecule has 2 aromatic carbocycles. The van der Waals surface area contributed by atoms with Crippen LogP contribution in [0.2, 0.25) is 0 Å². The van der Waals surface area contributed by atoms with E-state index in [1.165, 1.54) is 11.3 Å². The summed E-state index contributed by atoms with van der Waals surface area (Å²) in [4.78, 5) is 19.8. The number of piperazine rings is 1. The molecule has 0 unspecified atom stereocenters. The number of nitrogens with zero attached hydrogens (tertiary/aromatic N) is 3. The van der Waals surface area contributed by atoms with Crippen LogP contribution < -0.4 is 15.1 Å². The highest BCUT2D eigenvalue weighted by atomic mass is 16.2. The van der Waals surface area contributed by atoms with Crippen molar-refractivity contribution in [1.29, 1.82) is 0 Å². The molecule has 2 aromatic rings. The molecular weight excluding hydrogens is 348 g/mol. The Kier molecular flexibility index (Phi) is 5.53. The number of amides is 1. The van der Waals surface area contributed by atoms with Gasteiger partial charge in [-0.25, -0.2) is 0 Å². The molecule has 0 aliphatic carbocycles. The number of benzene rings is 2. The molecule has 0 spiro atoms. The van der Waals surface area contributed by atoms with Gasteiger partial charge in [0.1, 0.15) is 6.04 Å². The molecule has 0 bridgehead atoms. The van der Waals surface area contributed by atoms with E-state index >= 15 is 0 Å². The number of rotatable bonds is 5. The number of carbonyl (C=O) groups is 1. The average Bonchev–Trinajstić information content (AvgIpc) is 3.18. The molecule has 4 rings (SSSR count). The lowest BCUT2D eigenvalue weighted by atomic mass is 10.2. The van der Waals surface area contributed by atoms with Gasteiger partial charge in [0.05, 0.1) is 0 Å². The average molecular weight is 379 g/mol. The van der Waals surface area contributed by atoms with Gasteiger partial charge in [0.15, 0.2) is 0 Å². The van der Waals surface area contributed by atoms with E-state index in [1.807, 2.05) is 30.0 Å². The Balaban J connectivity index is 1.36. The summed E-state index contributed by atoms with van der Waals surface area (Å²) >= 11 is 0. The first-order chi connectivity index (χ1) is 13.7. The molecule has 2 aliphatic heterocycles. The first kappa shape index (κ1) is 18.8. The lowest BCUT2D eigenvalue weighted by molar-refractivity contribution is -0.118. The highest BCUT2D eigenvalue weighted by Crippen LogP contribution is 2.28. The van der Waals surface area contributed by atoms with E-state index in [0.29, 0.717) is 0 Å². The van der Waals surface area contributed by atoms with Crippen molar-refractivity contribution in [2.24, 2.45) is 0 Å². The van der Waals surface area contributed by atoms with E-state index in [4.69, 9.17) is 0 Å². The second-order valence-electron chi connectivity index (χ2n) is 7.70. The molecule has 1 saturated heterocycles. The molecular formula is C23H30N4O. The Labute approximate surface area is 167 Å². The van der Waals surface area contributed by atoms with E-state index < -0.39 is 0 Å². The first-order valence-corrected chi connectivity index (χ1v) is 10.4. The van der Waals surface area contributed by atoms with Crippen molar-refractivity contribution in [3.8, 4) is 0 Å². The number of para-hydroxylation sites is 1. The molecule has 1 N–H and O–H groups in total. The fraction of sp³-hybridized carbons (Fsp3) is 0.435. The zero-order chi connectivity index (χ0) is 19.5. The Hall–Kier alpha value is -2.53. The number of likely N-dealkylation sites (N-methyl/N-ethyl adjacent to an activating group) is 1. The summed E-state index contributed by atoms with van der Waals surface area (Å²) in [5.74, 6) is 0.129. The molecule has 5 nitrogen and oxygen atoms in total. The van der Waals surface area contributed by atoms with Gasteiger partial charge in [-0.1, -0.05) is 25.1 Å². The second-order valence-corrected chi connectivity index (χ2v) is 7.70. The van der Waals surface area contributed by atoms with Crippen molar-refractivity contribution < 1.29 is 4.79 Å². The van der Waals surface area contributed by atoms with Crippen LogP contribution in [0.1, 0.15) is 19.4 Å². The Bertz CT molecular complexity index is 812. The Morgan fingerprint density at radius 2 is 1.71 bits per heavy atom. The van der Waals surface area contributed by atoms with Crippen LogP contribution in [-0.2, 0) is 11.2 Å². The zero-order valence-corrected chi connectivity index (χ0v) is 16.9. The van der Waals surface area contributed by atoms with Crippen molar-refractivity contribution in [3.63, 3.8) is 0 Å². The topological polar surface area (TPSA) is 38.8 Å². The standard InChI is InChI=1S/C23H30N4O/c1-3-25-14-16-26(17-15-25)21-10-8-20(9-11-21)24-18(2)23(28)27-13-12-19-6-4-5-7-22(19)27/h4-11,18,24H,3,12-17H2,1-2H3/t18-/m0/s1. The summed E-state index contributed by atoms with van der Waals surface area (Å²) in [5.41, 5.74) is 4.57. The lowest BCUT2D eigenvalue weighted by Gasteiger charge is -2.35. The molecule has 0 radical (unpaired) electrons. The predicted octanol–water partition coefficient (Wildman–Crippen LogP) is 3.22. The molecule has 1 amide bonds. The normalized spacial score (nSPS) is 18.1. The van der Waals surface area contributed by atoms with Gasteiger partial charge in [0.2, 0.25) is 5.91 Å². The van der Waals surface area contributed by atoms with Crippen LogP contribution >= 0.6 is 0 Å². The maximum atomic E-state index is 12.9. The lowest BCUT2D eigenvalue weighted by Crippen LogP contribution is -2.46.